The number of anilines is 2. The number of carboxylic acid groups (broad SMARTS) is 1. The quantitative estimate of drug-likeness (QED) is 0.617. The minimum absolute atomic E-state index is 0.101. The molecule has 0 radical (unpaired) electrons. The minimum Gasteiger partial charge on any atom is -0.481 e. The molecule has 0 spiro atoms. The Labute approximate surface area is 152 Å². The predicted molar refractivity (Wildman–Crippen MR) is 103 cm³/mol. The summed E-state index contributed by atoms with van der Waals surface area (Å²) in [4.78, 5) is 12.8. The molecule has 2 aromatic rings. The van der Waals surface area contributed by atoms with Crippen LogP contribution >= 0.6 is 0 Å². The van der Waals surface area contributed by atoms with Gasteiger partial charge < -0.3 is 14.7 Å². The van der Waals surface area contributed by atoms with Gasteiger partial charge in [-0.2, -0.15) is 0 Å². The predicted octanol–water partition coefficient (Wildman–Crippen LogP) is 3.22. The van der Waals surface area contributed by atoms with Crippen molar-refractivity contribution in [2.45, 2.75) is 6.42 Å². The Morgan fingerprint density at radius 2 is 2.00 bits per heavy atom. The average Bonchev–Trinajstić information content (AvgIpc) is 2.69. The summed E-state index contributed by atoms with van der Waals surface area (Å²) in [7, 11) is 0. The zero-order valence-corrected chi connectivity index (χ0v) is 14.4. The van der Waals surface area contributed by atoms with Gasteiger partial charge in [0.15, 0.2) is 0 Å². The van der Waals surface area contributed by atoms with Gasteiger partial charge in [0.25, 0.3) is 0 Å². The van der Waals surface area contributed by atoms with Gasteiger partial charge in [0.2, 0.25) is 0 Å². The number of carbonyl (C=O) groups is 1. The van der Waals surface area contributed by atoms with Crippen molar-refractivity contribution in [1.82, 2.24) is 0 Å². The van der Waals surface area contributed by atoms with Crippen LogP contribution in [0.1, 0.15) is 6.42 Å². The third-order valence-corrected chi connectivity index (χ3v) is 4.05. The monoisotopic (exact) mass is 351 g/mol. The molecule has 2 N–H and O–H groups in total. The molecular formula is C20H21N3O3. The van der Waals surface area contributed by atoms with Crippen LogP contribution in [0.4, 0.5) is 11.4 Å². The molecule has 1 saturated heterocycles. The van der Waals surface area contributed by atoms with Crippen LogP contribution in [0.3, 0.4) is 0 Å². The Morgan fingerprint density at radius 1 is 1.23 bits per heavy atom. The molecule has 0 atom stereocenters. The molecule has 1 fully saturated rings. The van der Waals surface area contributed by atoms with Crippen LogP contribution in [-0.4, -0.2) is 43.2 Å². The maximum Gasteiger partial charge on any atom is 0.307 e. The molecule has 6 heteroatoms. The number of nitrogens with one attached hydrogen (secondary N) is 1. The van der Waals surface area contributed by atoms with Gasteiger partial charge in [-0.15, -0.1) is 5.10 Å². The van der Waals surface area contributed by atoms with E-state index >= 15 is 0 Å². The van der Waals surface area contributed by atoms with E-state index in [-0.39, 0.29) is 6.42 Å². The molecule has 0 amide bonds. The van der Waals surface area contributed by atoms with E-state index in [9.17, 15) is 4.79 Å². The summed E-state index contributed by atoms with van der Waals surface area (Å²) in [5.41, 5.74) is 7.13. The molecule has 0 saturated carbocycles. The second-order valence-corrected chi connectivity index (χ2v) is 5.85. The third kappa shape index (κ3) is 4.72. The molecule has 0 aliphatic carbocycles. The molecule has 1 aliphatic heterocycles. The van der Waals surface area contributed by atoms with Gasteiger partial charge in [-0.05, 0) is 29.8 Å². The summed E-state index contributed by atoms with van der Waals surface area (Å²) in [5.74, 6) is 1.68. The zero-order valence-electron chi connectivity index (χ0n) is 14.4. The van der Waals surface area contributed by atoms with E-state index in [4.69, 9.17) is 9.84 Å². The van der Waals surface area contributed by atoms with Crippen molar-refractivity contribution in [2.24, 2.45) is 5.10 Å². The zero-order chi connectivity index (χ0) is 18.2. The minimum atomic E-state index is -0.908. The number of hydrogen-bond acceptors (Lipinski definition) is 5. The van der Waals surface area contributed by atoms with Gasteiger partial charge in [-0.1, -0.05) is 30.3 Å². The van der Waals surface area contributed by atoms with Crippen molar-refractivity contribution >= 4 is 23.2 Å². The van der Waals surface area contributed by atoms with Crippen molar-refractivity contribution in [2.75, 3.05) is 36.6 Å². The van der Waals surface area contributed by atoms with Gasteiger partial charge in [0.1, 0.15) is 0 Å². The third-order valence-electron chi connectivity index (χ3n) is 4.05. The maximum absolute atomic E-state index is 10.5. The molecule has 26 heavy (non-hydrogen) atoms. The fraction of sp³-hybridized carbons (Fsp3) is 0.250. The normalized spacial score (nSPS) is 13.6. The number of carboxylic acids is 1. The lowest BCUT2D eigenvalue weighted by Gasteiger charge is -2.31. The van der Waals surface area contributed by atoms with E-state index in [0.717, 1.165) is 48.8 Å². The first-order valence-corrected chi connectivity index (χ1v) is 8.51. The number of aliphatic carboxylic acids is 1. The number of hydrogen-bond donors (Lipinski definition) is 2. The standard InChI is InChI=1S/C20H21N3O3/c24-20(25)7-4-10-21-22-17-8-9-19(23-11-13-26-14-12-23)18(15-17)16-5-2-1-3-6-16/h1-6,8-9,15,22H,7,11-14H2,(H,24,25). The van der Waals surface area contributed by atoms with Crippen molar-refractivity contribution in [3.8, 4) is 11.1 Å². The molecule has 3 rings (SSSR count). The summed E-state index contributed by atoms with van der Waals surface area (Å²) in [6, 6.07) is 16.3. The Bertz CT molecular complexity index is 808. The van der Waals surface area contributed by atoms with Crippen molar-refractivity contribution < 1.29 is 14.6 Å². The Kier molecular flexibility index (Phi) is 6.04. The molecule has 6 nitrogen and oxygen atoms in total. The molecule has 134 valence electrons. The van der Waals surface area contributed by atoms with E-state index in [1.54, 1.807) is 0 Å². The van der Waals surface area contributed by atoms with E-state index in [1.165, 1.54) is 6.08 Å². The smallest absolute Gasteiger partial charge is 0.307 e. The number of hydrazone groups is 1. The second kappa shape index (κ2) is 8.85. The SMILES string of the molecule is O=C(O)CC=C=NNc1ccc(N2CCOCC2)c(-c2ccccc2)c1. The van der Waals surface area contributed by atoms with Gasteiger partial charge in [0.05, 0.1) is 25.3 Å². The number of ether oxygens (including phenoxy) is 1. The second-order valence-electron chi connectivity index (χ2n) is 5.85. The molecule has 0 bridgehead atoms. The van der Waals surface area contributed by atoms with Crippen LogP contribution in [0.25, 0.3) is 11.1 Å². The molecule has 1 heterocycles. The lowest BCUT2D eigenvalue weighted by atomic mass is 10.0. The highest BCUT2D eigenvalue weighted by atomic mass is 16.5. The topological polar surface area (TPSA) is 74.2 Å². The summed E-state index contributed by atoms with van der Waals surface area (Å²) in [6.45, 7) is 3.19. The van der Waals surface area contributed by atoms with Crippen LogP contribution in [0.5, 0.6) is 0 Å². The summed E-state index contributed by atoms with van der Waals surface area (Å²) < 4.78 is 5.46. The fourth-order valence-corrected chi connectivity index (χ4v) is 2.81. The summed E-state index contributed by atoms with van der Waals surface area (Å²) in [5, 5.41) is 12.5. The molecule has 1 aliphatic rings. The van der Waals surface area contributed by atoms with Gasteiger partial charge in [0, 0.05) is 30.2 Å². The Balaban J connectivity index is 1.87. The van der Waals surface area contributed by atoms with Crippen molar-refractivity contribution in [3.05, 3.63) is 54.6 Å². The van der Waals surface area contributed by atoms with E-state index in [1.807, 2.05) is 30.3 Å². The first kappa shape index (κ1) is 17.7. The van der Waals surface area contributed by atoms with Gasteiger partial charge in [-0.3, -0.25) is 10.2 Å². The van der Waals surface area contributed by atoms with Crippen LogP contribution in [-0.2, 0) is 9.53 Å². The highest BCUT2D eigenvalue weighted by Crippen LogP contribution is 2.33. The van der Waals surface area contributed by atoms with E-state index < -0.39 is 5.97 Å². The van der Waals surface area contributed by atoms with E-state index in [0.29, 0.717) is 0 Å². The largest absolute Gasteiger partial charge is 0.481 e. The highest BCUT2D eigenvalue weighted by Gasteiger charge is 2.16. The lowest BCUT2D eigenvalue weighted by Crippen LogP contribution is -2.36. The maximum atomic E-state index is 10.5. The Morgan fingerprint density at radius 3 is 2.73 bits per heavy atom. The Hall–Kier alpha value is -3.08. The molecule has 0 aromatic heterocycles. The van der Waals surface area contributed by atoms with Crippen molar-refractivity contribution in [1.29, 1.82) is 0 Å². The molecule has 2 aromatic carbocycles. The summed E-state index contributed by atoms with van der Waals surface area (Å²) in [6.07, 6.45) is 1.27. The lowest BCUT2D eigenvalue weighted by molar-refractivity contribution is -0.135. The van der Waals surface area contributed by atoms with Crippen LogP contribution in [0.2, 0.25) is 0 Å². The highest BCUT2D eigenvalue weighted by molar-refractivity contribution is 5.82. The van der Waals surface area contributed by atoms with E-state index in [2.05, 4.69) is 39.5 Å². The van der Waals surface area contributed by atoms with Gasteiger partial charge >= 0.3 is 5.97 Å². The van der Waals surface area contributed by atoms with Gasteiger partial charge in [-0.25, -0.2) is 0 Å². The first-order chi connectivity index (χ1) is 12.7. The van der Waals surface area contributed by atoms with Crippen LogP contribution in [0.15, 0.2) is 59.7 Å². The number of rotatable bonds is 6. The fourth-order valence-electron chi connectivity index (χ4n) is 2.81. The van der Waals surface area contributed by atoms with Crippen LogP contribution < -0.4 is 10.3 Å². The van der Waals surface area contributed by atoms with Crippen LogP contribution in [0, 0.1) is 0 Å². The number of morpholine rings is 1. The van der Waals surface area contributed by atoms with Crippen molar-refractivity contribution in [3.63, 3.8) is 0 Å². The average molecular weight is 351 g/mol. The first-order valence-electron chi connectivity index (χ1n) is 8.51. The molecular weight excluding hydrogens is 330 g/mol. The summed E-state index contributed by atoms with van der Waals surface area (Å²) >= 11 is 0. The number of nitrogens with zero attached hydrogens (tertiary/aromatic N) is 2. The molecule has 0 unspecified atom stereocenters. The number of benzene rings is 2.